The smallest absolute Gasteiger partial charge is 0.270 e. The number of hydrogen-bond donors (Lipinski definition) is 1. The van der Waals surface area contributed by atoms with Gasteiger partial charge in [0.1, 0.15) is 17.1 Å². The summed E-state index contributed by atoms with van der Waals surface area (Å²) in [5, 5.41) is 2.99. The van der Waals surface area contributed by atoms with Crippen LogP contribution in [-0.4, -0.2) is 31.1 Å². The minimum atomic E-state index is -0.586. The molecule has 1 heterocycles. The minimum absolute atomic E-state index is 0.00498. The van der Waals surface area contributed by atoms with Crippen LogP contribution in [0.4, 0.5) is 5.69 Å². The number of carbonyl (C=O) groups is 2. The molecule has 0 radical (unpaired) electrons. The Hall–Kier alpha value is -2.90. The fourth-order valence-corrected chi connectivity index (χ4v) is 3.06. The van der Waals surface area contributed by atoms with Crippen molar-refractivity contribution in [3.05, 3.63) is 58.6 Å². The zero-order valence-electron chi connectivity index (χ0n) is 14.5. The minimum Gasteiger partial charge on any atom is -0.497 e. The van der Waals surface area contributed by atoms with Gasteiger partial charge < -0.3 is 9.47 Å². The van der Waals surface area contributed by atoms with Crippen molar-refractivity contribution < 1.29 is 19.1 Å². The maximum absolute atomic E-state index is 13.0. The Kier molecular flexibility index (Phi) is 5.43. The molecule has 0 aliphatic carbocycles. The maximum Gasteiger partial charge on any atom is 0.270 e. The maximum atomic E-state index is 13.0. The third-order valence-corrected chi connectivity index (χ3v) is 4.44. The van der Waals surface area contributed by atoms with Crippen molar-refractivity contribution in [1.82, 2.24) is 5.32 Å². The number of ether oxygens (including phenoxy) is 2. The van der Waals surface area contributed by atoms with Crippen LogP contribution in [0.1, 0.15) is 5.56 Å². The van der Waals surface area contributed by atoms with Gasteiger partial charge >= 0.3 is 0 Å². The highest BCUT2D eigenvalue weighted by molar-refractivity contribution is 7.80. The van der Waals surface area contributed by atoms with E-state index in [9.17, 15) is 9.59 Å². The van der Waals surface area contributed by atoms with Gasteiger partial charge in [0.2, 0.25) is 0 Å². The van der Waals surface area contributed by atoms with Gasteiger partial charge in [-0.05, 0) is 60.8 Å². The van der Waals surface area contributed by atoms with Gasteiger partial charge in [-0.2, -0.15) is 0 Å². The van der Waals surface area contributed by atoms with Crippen LogP contribution in [-0.2, 0) is 9.59 Å². The first-order valence-electron chi connectivity index (χ1n) is 7.83. The molecule has 0 unspecified atom stereocenters. The van der Waals surface area contributed by atoms with Crippen LogP contribution in [0.2, 0.25) is 5.02 Å². The molecular weight excluding hydrogens is 388 g/mol. The lowest BCUT2D eigenvalue weighted by Crippen LogP contribution is -2.54. The Labute approximate surface area is 166 Å². The summed E-state index contributed by atoms with van der Waals surface area (Å²) < 4.78 is 10.4. The third-order valence-electron chi connectivity index (χ3n) is 3.92. The molecule has 2 aromatic rings. The summed E-state index contributed by atoms with van der Waals surface area (Å²) in [7, 11) is 3.04. The topological polar surface area (TPSA) is 67.9 Å². The van der Waals surface area contributed by atoms with Gasteiger partial charge in [-0.3, -0.25) is 19.8 Å². The number of amides is 2. The molecule has 1 N–H and O–H groups in total. The van der Waals surface area contributed by atoms with Crippen LogP contribution >= 0.6 is 23.8 Å². The fraction of sp³-hybridized carbons (Fsp3) is 0.105. The number of anilines is 1. The second-order valence-corrected chi connectivity index (χ2v) is 6.37. The predicted octanol–water partition coefficient (Wildman–Crippen LogP) is 3.19. The van der Waals surface area contributed by atoms with E-state index in [4.69, 9.17) is 33.3 Å². The Balaban J connectivity index is 2.03. The van der Waals surface area contributed by atoms with E-state index in [0.29, 0.717) is 27.8 Å². The van der Waals surface area contributed by atoms with E-state index in [0.717, 1.165) is 0 Å². The average molecular weight is 403 g/mol. The molecule has 0 spiro atoms. The summed E-state index contributed by atoms with van der Waals surface area (Å²) in [6.45, 7) is 0. The van der Waals surface area contributed by atoms with Crippen LogP contribution in [0.15, 0.2) is 48.0 Å². The number of carbonyl (C=O) groups excluding carboxylic acids is 2. The van der Waals surface area contributed by atoms with Crippen molar-refractivity contribution in [1.29, 1.82) is 0 Å². The Morgan fingerprint density at radius 2 is 1.78 bits per heavy atom. The van der Waals surface area contributed by atoms with E-state index < -0.39 is 11.8 Å². The number of methoxy groups -OCH3 is 2. The molecule has 0 aromatic heterocycles. The van der Waals surface area contributed by atoms with Gasteiger partial charge in [0.15, 0.2) is 5.11 Å². The number of hydrogen-bond acceptors (Lipinski definition) is 5. The summed E-state index contributed by atoms with van der Waals surface area (Å²) in [4.78, 5) is 26.6. The molecule has 0 saturated carbocycles. The van der Waals surface area contributed by atoms with Gasteiger partial charge in [0.05, 0.1) is 19.9 Å². The molecule has 8 heteroatoms. The Morgan fingerprint density at radius 1 is 1.07 bits per heavy atom. The molecule has 138 valence electrons. The number of benzene rings is 2. The summed E-state index contributed by atoms with van der Waals surface area (Å²) >= 11 is 11.2. The van der Waals surface area contributed by atoms with Gasteiger partial charge in [-0.15, -0.1) is 0 Å². The largest absolute Gasteiger partial charge is 0.497 e. The molecule has 0 atom stereocenters. The van der Waals surface area contributed by atoms with Gasteiger partial charge in [0.25, 0.3) is 11.8 Å². The number of rotatable bonds is 4. The molecule has 1 aliphatic heterocycles. The van der Waals surface area contributed by atoms with Crippen LogP contribution in [0, 0.1) is 0 Å². The van der Waals surface area contributed by atoms with Crippen LogP contribution in [0.25, 0.3) is 6.08 Å². The van der Waals surface area contributed by atoms with Gasteiger partial charge in [-0.1, -0.05) is 11.6 Å². The van der Waals surface area contributed by atoms with Crippen molar-refractivity contribution in [2.24, 2.45) is 0 Å². The van der Waals surface area contributed by atoms with Crippen molar-refractivity contribution >= 4 is 52.5 Å². The molecule has 1 fully saturated rings. The zero-order chi connectivity index (χ0) is 19.6. The van der Waals surface area contributed by atoms with Crippen molar-refractivity contribution in [2.75, 3.05) is 19.1 Å². The molecule has 1 saturated heterocycles. The lowest BCUT2D eigenvalue weighted by molar-refractivity contribution is -0.122. The highest BCUT2D eigenvalue weighted by Crippen LogP contribution is 2.28. The van der Waals surface area contributed by atoms with Crippen molar-refractivity contribution in [3.63, 3.8) is 0 Å². The first-order chi connectivity index (χ1) is 12.9. The van der Waals surface area contributed by atoms with Crippen LogP contribution in [0.3, 0.4) is 0 Å². The first-order valence-corrected chi connectivity index (χ1v) is 8.62. The highest BCUT2D eigenvalue weighted by Gasteiger charge is 2.34. The van der Waals surface area contributed by atoms with Crippen LogP contribution in [0.5, 0.6) is 11.5 Å². The standard InChI is InChI=1S/C19H15ClN2O4S/c1-25-14-6-4-13(5-7-14)22-18(24)15(17(23)21-19(22)27)10-11-9-12(20)3-8-16(11)26-2/h3-10H,1-2H3,(H,21,23,27). The van der Waals surface area contributed by atoms with E-state index in [1.165, 1.54) is 18.1 Å². The predicted molar refractivity (Wildman–Crippen MR) is 107 cm³/mol. The molecule has 3 rings (SSSR count). The van der Waals surface area contributed by atoms with Crippen LogP contribution < -0.4 is 19.7 Å². The molecular formula is C19H15ClN2O4S. The summed E-state index contributed by atoms with van der Waals surface area (Å²) in [5.41, 5.74) is 0.931. The molecule has 2 aromatic carbocycles. The first kappa shape index (κ1) is 18.9. The number of halogens is 1. The van der Waals surface area contributed by atoms with Gasteiger partial charge in [0, 0.05) is 10.6 Å². The third kappa shape index (κ3) is 3.79. The summed E-state index contributed by atoms with van der Waals surface area (Å²) in [5.74, 6) is -0.0121. The normalized spacial score (nSPS) is 15.7. The fourth-order valence-electron chi connectivity index (χ4n) is 2.60. The lowest BCUT2D eigenvalue weighted by Gasteiger charge is -2.29. The monoisotopic (exact) mass is 402 g/mol. The quantitative estimate of drug-likeness (QED) is 0.483. The second kappa shape index (κ2) is 7.77. The Bertz CT molecular complexity index is 957. The van der Waals surface area contributed by atoms with Crippen molar-refractivity contribution in [2.45, 2.75) is 0 Å². The molecule has 1 aliphatic rings. The highest BCUT2D eigenvalue weighted by atomic mass is 35.5. The SMILES string of the molecule is COc1ccc(N2C(=O)C(=Cc3cc(Cl)ccc3OC)C(=O)NC2=S)cc1. The zero-order valence-corrected chi connectivity index (χ0v) is 16.1. The number of nitrogens with one attached hydrogen (secondary N) is 1. The van der Waals surface area contributed by atoms with E-state index in [1.807, 2.05) is 0 Å². The van der Waals surface area contributed by atoms with Crippen molar-refractivity contribution in [3.8, 4) is 11.5 Å². The second-order valence-electron chi connectivity index (χ2n) is 5.54. The lowest BCUT2D eigenvalue weighted by atomic mass is 10.1. The van der Waals surface area contributed by atoms with E-state index in [1.54, 1.807) is 49.6 Å². The number of thiocarbonyl (C=S) groups is 1. The molecule has 27 heavy (non-hydrogen) atoms. The van der Waals surface area contributed by atoms with E-state index >= 15 is 0 Å². The molecule has 6 nitrogen and oxygen atoms in total. The van der Waals surface area contributed by atoms with E-state index in [2.05, 4.69) is 5.32 Å². The summed E-state index contributed by atoms with van der Waals surface area (Å²) in [6.07, 6.45) is 1.43. The van der Waals surface area contributed by atoms with Gasteiger partial charge in [-0.25, -0.2) is 0 Å². The molecule has 2 amide bonds. The van der Waals surface area contributed by atoms with E-state index in [-0.39, 0.29) is 10.7 Å². The average Bonchev–Trinajstić information content (AvgIpc) is 2.65. The Morgan fingerprint density at radius 3 is 2.41 bits per heavy atom. The molecule has 0 bridgehead atoms. The number of nitrogens with zero attached hydrogens (tertiary/aromatic N) is 1. The summed E-state index contributed by atoms with van der Waals surface area (Å²) in [6, 6.07) is 11.7.